The van der Waals surface area contributed by atoms with Crippen molar-refractivity contribution in [3.63, 3.8) is 0 Å². The minimum atomic E-state index is -0.0357. The van der Waals surface area contributed by atoms with Gasteiger partial charge in [0, 0.05) is 43.8 Å². The number of carbonyl (C=O) groups excluding carboxylic acids is 1. The summed E-state index contributed by atoms with van der Waals surface area (Å²) in [5, 5.41) is 4.52. The molecular weight excluding hydrogens is 292 g/mol. The molecule has 6 nitrogen and oxygen atoms in total. The highest BCUT2D eigenvalue weighted by Gasteiger charge is 2.28. The molecule has 0 unspecified atom stereocenters. The van der Waals surface area contributed by atoms with Crippen molar-refractivity contribution in [3.05, 3.63) is 41.9 Å². The highest BCUT2D eigenvalue weighted by molar-refractivity contribution is 6.31. The van der Waals surface area contributed by atoms with Crippen LogP contribution >= 0.6 is 11.6 Å². The number of hydrogen-bond donors (Lipinski definition) is 0. The smallest absolute Gasteiger partial charge is 0.244 e. The Balaban J connectivity index is 1.56. The van der Waals surface area contributed by atoms with Crippen molar-refractivity contribution >= 4 is 17.5 Å². The van der Waals surface area contributed by atoms with E-state index in [9.17, 15) is 4.79 Å². The Morgan fingerprint density at radius 2 is 2.38 bits per heavy atom. The largest absolute Gasteiger partial charge is 0.487 e. The number of likely N-dealkylation sites (tertiary alicyclic amines) is 1. The number of ether oxygens (including phenoxy) is 1. The molecule has 1 fully saturated rings. The van der Waals surface area contributed by atoms with Crippen molar-refractivity contribution in [2.24, 2.45) is 0 Å². The molecule has 0 bridgehead atoms. The Morgan fingerprint density at radius 3 is 3.14 bits per heavy atom. The molecule has 3 heterocycles. The third-order valence-electron chi connectivity index (χ3n) is 3.38. The van der Waals surface area contributed by atoms with Gasteiger partial charge in [-0.15, -0.1) is 0 Å². The standard InChI is InChI=1S/C14H15ClN4O2/c15-12-8-16-5-2-13(12)21-11-3-7-18(9-11)14(20)10-19-6-1-4-17-19/h1-2,4-6,8,11H,3,7,9-10H2/t11-/m0/s1. The molecule has 1 aliphatic heterocycles. The van der Waals surface area contributed by atoms with Gasteiger partial charge in [-0.1, -0.05) is 11.6 Å². The summed E-state index contributed by atoms with van der Waals surface area (Å²) in [6, 6.07) is 3.53. The van der Waals surface area contributed by atoms with Crippen LogP contribution in [-0.2, 0) is 11.3 Å². The highest BCUT2D eigenvalue weighted by atomic mass is 35.5. The van der Waals surface area contributed by atoms with Gasteiger partial charge in [0.05, 0.1) is 6.54 Å². The molecule has 1 saturated heterocycles. The maximum atomic E-state index is 12.2. The van der Waals surface area contributed by atoms with Crippen LogP contribution in [0.15, 0.2) is 36.9 Å². The summed E-state index contributed by atoms with van der Waals surface area (Å²) in [5.74, 6) is 0.656. The Hall–Kier alpha value is -2.08. The number of aromatic nitrogens is 3. The molecule has 0 aromatic carbocycles. The first-order valence-electron chi connectivity index (χ1n) is 6.74. The van der Waals surface area contributed by atoms with Crippen LogP contribution in [0.4, 0.5) is 0 Å². The van der Waals surface area contributed by atoms with Crippen LogP contribution in [0, 0.1) is 0 Å². The van der Waals surface area contributed by atoms with Gasteiger partial charge in [0.25, 0.3) is 0 Å². The molecule has 0 spiro atoms. The molecule has 2 aromatic heterocycles. The molecule has 7 heteroatoms. The van der Waals surface area contributed by atoms with Gasteiger partial charge in [0.15, 0.2) is 0 Å². The zero-order valence-corrected chi connectivity index (χ0v) is 12.1. The van der Waals surface area contributed by atoms with E-state index in [-0.39, 0.29) is 18.6 Å². The first-order chi connectivity index (χ1) is 10.2. The second-order valence-corrected chi connectivity index (χ2v) is 5.29. The maximum Gasteiger partial charge on any atom is 0.244 e. The van der Waals surface area contributed by atoms with E-state index >= 15 is 0 Å². The Morgan fingerprint density at radius 1 is 1.48 bits per heavy atom. The van der Waals surface area contributed by atoms with Gasteiger partial charge in [0.2, 0.25) is 5.91 Å². The predicted molar refractivity (Wildman–Crippen MR) is 77.1 cm³/mol. The van der Waals surface area contributed by atoms with Crippen LogP contribution in [0.3, 0.4) is 0 Å². The summed E-state index contributed by atoms with van der Waals surface area (Å²) in [4.78, 5) is 17.9. The summed E-state index contributed by atoms with van der Waals surface area (Å²) in [6.07, 6.45) is 7.38. The number of amides is 1. The molecule has 0 saturated carbocycles. The lowest BCUT2D eigenvalue weighted by molar-refractivity contribution is -0.131. The molecule has 1 aliphatic rings. The number of nitrogens with zero attached hydrogens (tertiary/aromatic N) is 4. The van der Waals surface area contributed by atoms with Crippen LogP contribution in [0.5, 0.6) is 5.75 Å². The van der Waals surface area contributed by atoms with Crippen molar-refractivity contribution in [1.82, 2.24) is 19.7 Å². The van der Waals surface area contributed by atoms with E-state index in [0.717, 1.165) is 6.42 Å². The van der Waals surface area contributed by atoms with E-state index < -0.39 is 0 Å². The van der Waals surface area contributed by atoms with Gasteiger partial charge in [0.1, 0.15) is 23.4 Å². The van der Waals surface area contributed by atoms with E-state index in [1.165, 1.54) is 0 Å². The molecule has 0 radical (unpaired) electrons. The molecule has 21 heavy (non-hydrogen) atoms. The molecule has 0 N–H and O–H groups in total. The second-order valence-electron chi connectivity index (χ2n) is 4.88. The summed E-state index contributed by atoms with van der Waals surface area (Å²) in [7, 11) is 0. The fraction of sp³-hybridized carbons (Fsp3) is 0.357. The van der Waals surface area contributed by atoms with Crippen LogP contribution in [-0.4, -0.2) is 44.8 Å². The van der Waals surface area contributed by atoms with E-state index in [4.69, 9.17) is 16.3 Å². The zero-order chi connectivity index (χ0) is 14.7. The number of hydrogen-bond acceptors (Lipinski definition) is 4. The lowest BCUT2D eigenvalue weighted by Crippen LogP contribution is -2.33. The van der Waals surface area contributed by atoms with Crippen LogP contribution in [0.2, 0.25) is 5.02 Å². The van der Waals surface area contributed by atoms with E-state index in [0.29, 0.717) is 23.9 Å². The van der Waals surface area contributed by atoms with Crippen molar-refractivity contribution in [3.8, 4) is 5.75 Å². The molecule has 0 aliphatic carbocycles. The zero-order valence-electron chi connectivity index (χ0n) is 11.4. The highest BCUT2D eigenvalue weighted by Crippen LogP contribution is 2.25. The van der Waals surface area contributed by atoms with Gasteiger partial charge in [-0.3, -0.25) is 14.5 Å². The number of carbonyl (C=O) groups is 1. The third-order valence-corrected chi connectivity index (χ3v) is 3.67. The second kappa shape index (κ2) is 6.13. The Kier molecular flexibility index (Phi) is 4.06. The van der Waals surface area contributed by atoms with Gasteiger partial charge < -0.3 is 9.64 Å². The van der Waals surface area contributed by atoms with Crippen molar-refractivity contribution in [1.29, 1.82) is 0 Å². The topological polar surface area (TPSA) is 60.2 Å². The monoisotopic (exact) mass is 306 g/mol. The van der Waals surface area contributed by atoms with Crippen LogP contribution in [0.25, 0.3) is 0 Å². The van der Waals surface area contributed by atoms with E-state index in [2.05, 4.69) is 10.1 Å². The van der Waals surface area contributed by atoms with Crippen LogP contribution < -0.4 is 4.74 Å². The minimum Gasteiger partial charge on any atom is -0.487 e. The van der Waals surface area contributed by atoms with E-state index in [1.807, 2.05) is 0 Å². The SMILES string of the molecule is O=C(Cn1cccn1)N1CC[C@H](Oc2ccncc2Cl)C1. The number of rotatable bonds is 4. The number of halogens is 1. The lowest BCUT2D eigenvalue weighted by Gasteiger charge is -2.17. The fourth-order valence-electron chi connectivity index (χ4n) is 2.32. The fourth-order valence-corrected chi connectivity index (χ4v) is 2.48. The Labute approximate surface area is 127 Å². The first-order valence-corrected chi connectivity index (χ1v) is 7.11. The summed E-state index contributed by atoms with van der Waals surface area (Å²) in [5.41, 5.74) is 0. The molecule has 1 amide bonds. The normalized spacial score (nSPS) is 18.0. The molecular formula is C14H15ClN4O2. The average molecular weight is 307 g/mol. The van der Waals surface area contributed by atoms with Crippen molar-refractivity contribution in [2.75, 3.05) is 13.1 Å². The predicted octanol–water partition coefficient (Wildman–Crippen LogP) is 1.61. The third kappa shape index (κ3) is 3.33. The summed E-state index contributed by atoms with van der Waals surface area (Å²) in [6.45, 7) is 1.52. The van der Waals surface area contributed by atoms with Crippen molar-refractivity contribution in [2.45, 2.75) is 19.1 Å². The van der Waals surface area contributed by atoms with Gasteiger partial charge in [-0.25, -0.2) is 0 Å². The lowest BCUT2D eigenvalue weighted by atomic mass is 10.3. The molecule has 3 rings (SSSR count). The minimum absolute atomic E-state index is 0.0357. The maximum absolute atomic E-state index is 12.2. The van der Waals surface area contributed by atoms with Gasteiger partial charge >= 0.3 is 0 Å². The molecule has 1 atom stereocenters. The quantitative estimate of drug-likeness (QED) is 0.861. The summed E-state index contributed by atoms with van der Waals surface area (Å²) >= 11 is 6.02. The average Bonchev–Trinajstić information content (AvgIpc) is 3.13. The van der Waals surface area contributed by atoms with E-state index in [1.54, 1.807) is 46.5 Å². The van der Waals surface area contributed by atoms with Crippen LogP contribution in [0.1, 0.15) is 6.42 Å². The summed E-state index contributed by atoms with van der Waals surface area (Å²) < 4.78 is 7.45. The Bertz CT molecular complexity index is 617. The van der Waals surface area contributed by atoms with Gasteiger partial charge in [-0.2, -0.15) is 5.10 Å². The molecule has 2 aromatic rings. The van der Waals surface area contributed by atoms with Crippen molar-refractivity contribution < 1.29 is 9.53 Å². The van der Waals surface area contributed by atoms with Gasteiger partial charge in [-0.05, 0) is 6.07 Å². The molecule has 110 valence electrons. The first kappa shape index (κ1) is 13.9. The number of pyridine rings is 1.